The van der Waals surface area contributed by atoms with Gasteiger partial charge in [0.2, 0.25) is 0 Å². The third-order valence-corrected chi connectivity index (χ3v) is 2.32. The van der Waals surface area contributed by atoms with E-state index in [1.807, 2.05) is 24.4 Å². The summed E-state index contributed by atoms with van der Waals surface area (Å²) in [5.41, 5.74) is 1.39. The lowest BCUT2D eigenvalue weighted by atomic mass is 10.1. The van der Waals surface area contributed by atoms with Crippen molar-refractivity contribution in [2.45, 2.75) is 6.54 Å². The van der Waals surface area contributed by atoms with E-state index in [1.54, 1.807) is 23.0 Å². The number of rotatable bonds is 3. The number of halogens is 1. The van der Waals surface area contributed by atoms with Crippen LogP contribution < -0.4 is 0 Å². The minimum atomic E-state index is 0.481. The summed E-state index contributed by atoms with van der Waals surface area (Å²) in [5.74, 6) is 0. The van der Waals surface area contributed by atoms with Gasteiger partial charge in [0.25, 0.3) is 0 Å². The van der Waals surface area contributed by atoms with Crippen LogP contribution in [0.3, 0.4) is 0 Å². The van der Waals surface area contributed by atoms with Crippen molar-refractivity contribution in [1.82, 2.24) is 9.78 Å². The van der Waals surface area contributed by atoms with E-state index in [0.717, 1.165) is 5.56 Å². The third kappa shape index (κ3) is 2.44. The molecule has 0 aliphatic carbocycles. The number of hydrogen-bond acceptors (Lipinski definition) is 2. The molecule has 1 aromatic heterocycles. The maximum atomic E-state index is 7.87. The van der Waals surface area contributed by atoms with Crippen molar-refractivity contribution < 1.29 is 0 Å². The molecule has 0 unspecified atom stereocenters. The second-order valence-corrected chi connectivity index (χ2v) is 3.63. The number of nitrogens with one attached hydrogen (secondary N) is 1. The summed E-state index contributed by atoms with van der Waals surface area (Å²) in [6.07, 6.45) is 3.54. The Balaban J connectivity index is 2.11. The van der Waals surface area contributed by atoms with Gasteiger partial charge in [0.1, 0.15) is 0 Å². The van der Waals surface area contributed by atoms with Crippen molar-refractivity contribution in [3.63, 3.8) is 0 Å². The lowest BCUT2D eigenvalue weighted by molar-refractivity contribution is 0.722. The highest BCUT2D eigenvalue weighted by atomic mass is 35.5. The SMILES string of the molecule is N=C(Cn1cccn1)c1ccc(Cl)cc1. The van der Waals surface area contributed by atoms with E-state index in [1.165, 1.54) is 0 Å². The van der Waals surface area contributed by atoms with Crippen LogP contribution in [0.1, 0.15) is 5.56 Å². The molecule has 0 bridgehead atoms. The molecular weight excluding hydrogens is 210 g/mol. The Labute approximate surface area is 92.8 Å². The topological polar surface area (TPSA) is 41.7 Å². The van der Waals surface area contributed by atoms with Crippen molar-refractivity contribution in [3.8, 4) is 0 Å². The van der Waals surface area contributed by atoms with Crippen molar-refractivity contribution in [2.75, 3.05) is 0 Å². The second kappa shape index (κ2) is 4.28. The second-order valence-electron chi connectivity index (χ2n) is 3.19. The summed E-state index contributed by atoms with van der Waals surface area (Å²) in [4.78, 5) is 0. The van der Waals surface area contributed by atoms with E-state index in [0.29, 0.717) is 17.3 Å². The minimum absolute atomic E-state index is 0.481. The molecule has 0 atom stereocenters. The molecule has 0 radical (unpaired) electrons. The van der Waals surface area contributed by atoms with Crippen molar-refractivity contribution in [1.29, 1.82) is 5.41 Å². The van der Waals surface area contributed by atoms with Crippen LogP contribution in [0.25, 0.3) is 0 Å². The maximum absolute atomic E-state index is 7.87. The van der Waals surface area contributed by atoms with Gasteiger partial charge in [0.15, 0.2) is 0 Å². The summed E-state index contributed by atoms with van der Waals surface area (Å²) in [5, 5.41) is 12.6. The Kier molecular flexibility index (Phi) is 2.83. The monoisotopic (exact) mass is 219 g/mol. The van der Waals surface area contributed by atoms with Gasteiger partial charge in [0.05, 0.1) is 12.3 Å². The van der Waals surface area contributed by atoms with Crippen LogP contribution in [-0.4, -0.2) is 15.5 Å². The normalized spacial score (nSPS) is 10.2. The summed E-state index contributed by atoms with van der Waals surface area (Å²) >= 11 is 5.77. The molecule has 0 amide bonds. The molecule has 15 heavy (non-hydrogen) atoms. The third-order valence-electron chi connectivity index (χ3n) is 2.07. The standard InChI is InChI=1S/C11H10ClN3/c12-10-4-2-9(3-5-10)11(13)8-15-7-1-6-14-15/h1-7,13H,8H2. The molecule has 0 fully saturated rings. The van der Waals surface area contributed by atoms with Gasteiger partial charge in [-0.05, 0) is 23.8 Å². The average Bonchev–Trinajstić information content (AvgIpc) is 2.71. The maximum Gasteiger partial charge on any atom is 0.0830 e. The average molecular weight is 220 g/mol. The number of aromatic nitrogens is 2. The molecule has 1 aromatic carbocycles. The smallest absolute Gasteiger partial charge is 0.0830 e. The molecule has 4 heteroatoms. The Morgan fingerprint density at radius 2 is 2.07 bits per heavy atom. The number of nitrogens with zero attached hydrogens (tertiary/aromatic N) is 2. The largest absolute Gasteiger partial charge is 0.303 e. The molecule has 0 spiro atoms. The Hall–Kier alpha value is -1.61. The molecular formula is C11H10ClN3. The fourth-order valence-electron chi connectivity index (χ4n) is 1.30. The first-order valence-corrected chi connectivity index (χ1v) is 4.94. The number of hydrogen-bond donors (Lipinski definition) is 1. The van der Waals surface area contributed by atoms with Crippen molar-refractivity contribution in [2.24, 2.45) is 0 Å². The molecule has 2 rings (SSSR count). The molecule has 76 valence electrons. The van der Waals surface area contributed by atoms with Gasteiger partial charge >= 0.3 is 0 Å². The van der Waals surface area contributed by atoms with Crippen LogP contribution in [0.15, 0.2) is 42.7 Å². The minimum Gasteiger partial charge on any atom is -0.303 e. The summed E-state index contributed by atoms with van der Waals surface area (Å²) < 4.78 is 1.72. The fraction of sp³-hybridized carbons (Fsp3) is 0.0909. The van der Waals surface area contributed by atoms with Crippen molar-refractivity contribution >= 4 is 17.3 Å². The van der Waals surface area contributed by atoms with Gasteiger partial charge in [0, 0.05) is 17.4 Å². The first-order valence-electron chi connectivity index (χ1n) is 4.56. The molecule has 1 heterocycles. The predicted molar refractivity (Wildman–Crippen MR) is 60.5 cm³/mol. The Morgan fingerprint density at radius 1 is 1.33 bits per heavy atom. The summed E-state index contributed by atoms with van der Waals surface area (Å²) in [6, 6.07) is 9.10. The molecule has 3 nitrogen and oxygen atoms in total. The molecule has 0 aliphatic rings. The van der Waals surface area contributed by atoms with E-state index in [9.17, 15) is 0 Å². The zero-order valence-electron chi connectivity index (χ0n) is 8.02. The summed E-state index contributed by atoms with van der Waals surface area (Å²) in [7, 11) is 0. The van der Waals surface area contributed by atoms with Gasteiger partial charge in [-0.25, -0.2) is 0 Å². The highest BCUT2D eigenvalue weighted by Gasteiger charge is 2.02. The molecule has 0 saturated carbocycles. The predicted octanol–water partition coefficient (Wildman–Crippen LogP) is 2.60. The zero-order chi connectivity index (χ0) is 10.7. The van der Waals surface area contributed by atoms with Crippen LogP contribution in [0.2, 0.25) is 5.02 Å². The van der Waals surface area contributed by atoms with Crippen LogP contribution in [0.5, 0.6) is 0 Å². The van der Waals surface area contributed by atoms with Crippen LogP contribution in [0, 0.1) is 5.41 Å². The van der Waals surface area contributed by atoms with E-state index in [-0.39, 0.29) is 0 Å². The van der Waals surface area contributed by atoms with Gasteiger partial charge in [-0.3, -0.25) is 4.68 Å². The lowest BCUT2D eigenvalue weighted by Gasteiger charge is -2.04. The van der Waals surface area contributed by atoms with E-state index in [4.69, 9.17) is 17.0 Å². The molecule has 2 aromatic rings. The Morgan fingerprint density at radius 3 is 2.67 bits per heavy atom. The number of benzene rings is 1. The molecule has 0 saturated heterocycles. The van der Waals surface area contributed by atoms with Gasteiger partial charge < -0.3 is 5.41 Å². The summed E-state index contributed by atoms with van der Waals surface area (Å²) in [6.45, 7) is 0.481. The van der Waals surface area contributed by atoms with Crippen LogP contribution >= 0.6 is 11.6 Å². The van der Waals surface area contributed by atoms with E-state index < -0.39 is 0 Å². The highest BCUT2D eigenvalue weighted by molar-refractivity contribution is 6.30. The van der Waals surface area contributed by atoms with Gasteiger partial charge in [-0.1, -0.05) is 23.7 Å². The Bertz CT molecular complexity index is 445. The quantitative estimate of drug-likeness (QED) is 0.793. The first-order chi connectivity index (χ1) is 7.25. The van der Waals surface area contributed by atoms with Gasteiger partial charge in [-0.2, -0.15) is 5.10 Å². The zero-order valence-corrected chi connectivity index (χ0v) is 8.78. The van der Waals surface area contributed by atoms with E-state index in [2.05, 4.69) is 5.10 Å². The highest BCUT2D eigenvalue weighted by Crippen LogP contribution is 2.10. The fourth-order valence-corrected chi connectivity index (χ4v) is 1.42. The molecule has 0 aliphatic heterocycles. The van der Waals surface area contributed by atoms with Gasteiger partial charge in [-0.15, -0.1) is 0 Å². The molecule has 1 N–H and O–H groups in total. The lowest BCUT2D eigenvalue weighted by Crippen LogP contribution is -2.10. The van der Waals surface area contributed by atoms with E-state index >= 15 is 0 Å². The van der Waals surface area contributed by atoms with Crippen LogP contribution in [0.4, 0.5) is 0 Å². The first kappa shape index (κ1) is 9.93. The van der Waals surface area contributed by atoms with Crippen LogP contribution in [-0.2, 0) is 6.54 Å². The van der Waals surface area contributed by atoms with Crippen molar-refractivity contribution in [3.05, 3.63) is 53.3 Å².